The standard InChI is InChI=1S/C25H28N2O2.C6H8O7/c1-20-8-2-4-11-23(20)25(28)13-16-27(17-14-25)18-21-9-3-5-12-24(21)29-19-22-10-6-7-15-26-22;7-3(8)1-6(13,5(11)12)2-4(9)10/h2-12,15,28H,13-14,16-19H2,1H3;13H,1-2H2,(H,7,8)(H,9,10)(H,11,12). The Morgan fingerprint density at radius 3 is 2.07 bits per heavy atom. The average molecular weight is 581 g/mol. The zero-order valence-corrected chi connectivity index (χ0v) is 23.3. The number of ether oxygens (including phenoxy) is 1. The first-order valence-electron chi connectivity index (χ1n) is 13.4. The second-order valence-electron chi connectivity index (χ2n) is 10.3. The molecule has 2 heterocycles. The van der Waals surface area contributed by atoms with Crippen molar-refractivity contribution in [1.82, 2.24) is 9.88 Å². The number of para-hydroxylation sites is 1. The molecule has 1 aliphatic heterocycles. The predicted molar refractivity (Wildman–Crippen MR) is 152 cm³/mol. The highest BCUT2D eigenvalue weighted by molar-refractivity contribution is 5.88. The third-order valence-electron chi connectivity index (χ3n) is 7.08. The SMILES string of the molecule is Cc1ccccc1C1(O)CCN(Cc2ccccc2OCc2ccccn2)CC1.O=C(O)CC(O)(CC(=O)O)C(=O)O. The molecular formula is C31H36N2O9. The summed E-state index contributed by atoms with van der Waals surface area (Å²) in [5.41, 5.74) is 0.859. The van der Waals surface area contributed by atoms with Crippen LogP contribution >= 0.6 is 0 Å². The van der Waals surface area contributed by atoms with Crippen molar-refractivity contribution in [2.24, 2.45) is 0 Å². The van der Waals surface area contributed by atoms with Gasteiger partial charge in [-0.25, -0.2) is 4.79 Å². The van der Waals surface area contributed by atoms with Gasteiger partial charge in [-0.3, -0.25) is 19.5 Å². The van der Waals surface area contributed by atoms with Gasteiger partial charge < -0.3 is 30.3 Å². The number of hydrogen-bond donors (Lipinski definition) is 5. The molecule has 11 nitrogen and oxygen atoms in total. The van der Waals surface area contributed by atoms with E-state index >= 15 is 0 Å². The fraction of sp³-hybridized carbons (Fsp3) is 0.355. The maximum Gasteiger partial charge on any atom is 0.336 e. The van der Waals surface area contributed by atoms with Crippen molar-refractivity contribution in [2.75, 3.05) is 13.1 Å². The minimum absolute atomic E-state index is 0.463. The fourth-order valence-electron chi connectivity index (χ4n) is 4.81. The summed E-state index contributed by atoms with van der Waals surface area (Å²) < 4.78 is 6.05. The van der Waals surface area contributed by atoms with E-state index in [0.29, 0.717) is 6.61 Å². The number of aliphatic carboxylic acids is 3. The van der Waals surface area contributed by atoms with Gasteiger partial charge in [0.15, 0.2) is 5.60 Å². The molecule has 224 valence electrons. The van der Waals surface area contributed by atoms with Crippen molar-refractivity contribution in [3.05, 3.63) is 95.3 Å². The van der Waals surface area contributed by atoms with Crippen molar-refractivity contribution in [1.29, 1.82) is 0 Å². The lowest BCUT2D eigenvalue weighted by Crippen LogP contribution is -2.42. The highest BCUT2D eigenvalue weighted by Gasteiger charge is 2.41. The van der Waals surface area contributed by atoms with Gasteiger partial charge in [-0.15, -0.1) is 0 Å². The molecule has 0 aliphatic carbocycles. The minimum atomic E-state index is -2.74. The number of nitrogens with zero attached hydrogens (tertiary/aromatic N) is 2. The molecule has 0 saturated carbocycles. The van der Waals surface area contributed by atoms with Gasteiger partial charge in [0.1, 0.15) is 12.4 Å². The van der Waals surface area contributed by atoms with E-state index in [1.54, 1.807) is 6.20 Å². The quantitative estimate of drug-likeness (QED) is 0.225. The molecule has 0 atom stereocenters. The van der Waals surface area contributed by atoms with Crippen LogP contribution in [0.2, 0.25) is 0 Å². The summed E-state index contributed by atoms with van der Waals surface area (Å²) in [7, 11) is 0. The van der Waals surface area contributed by atoms with Crippen LogP contribution in [0.5, 0.6) is 5.75 Å². The smallest absolute Gasteiger partial charge is 0.336 e. The molecule has 1 fully saturated rings. The number of aromatic nitrogens is 1. The van der Waals surface area contributed by atoms with E-state index in [2.05, 4.69) is 41.1 Å². The lowest BCUT2D eigenvalue weighted by atomic mass is 9.82. The number of aliphatic hydroxyl groups is 2. The summed E-state index contributed by atoms with van der Waals surface area (Å²) in [5.74, 6) is -4.12. The number of benzene rings is 2. The largest absolute Gasteiger partial charge is 0.487 e. The van der Waals surface area contributed by atoms with E-state index in [0.717, 1.165) is 55.0 Å². The van der Waals surface area contributed by atoms with Gasteiger partial charge in [0, 0.05) is 31.4 Å². The molecule has 0 amide bonds. The summed E-state index contributed by atoms with van der Waals surface area (Å²) in [5, 5.41) is 45.0. The first-order chi connectivity index (χ1) is 19.9. The van der Waals surface area contributed by atoms with Crippen LogP contribution in [0, 0.1) is 6.92 Å². The van der Waals surface area contributed by atoms with E-state index in [-0.39, 0.29) is 0 Å². The molecule has 0 radical (unpaired) electrons. The number of carboxylic acid groups (broad SMARTS) is 3. The number of aryl methyl sites for hydroxylation is 1. The molecule has 0 bridgehead atoms. The highest BCUT2D eigenvalue weighted by Crippen LogP contribution is 2.35. The van der Waals surface area contributed by atoms with Crippen molar-refractivity contribution in [2.45, 2.75) is 57.0 Å². The van der Waals surface area contributed by atoms with Gasteiger partial charge >= 0.3 is 17.9 Å². The normalized spacial score (nSPS) is 14.7. The third kappa shape index (κ3) is 9.10. The first-order valence-corrected chi connectivity index (χ1v) is 13.4. The van der Waals surface area contributed by atoms with E-state index in [9.17, 15) is 19.5 Å². The molecule has 0 spiro atoms. The molecule has 5 N–H and O–H groups in total. The Labute approximate surface area is 243 Å². The number of rotatable bonds is 11. The van der Waals surface area contributed by atoms with Crippen LogP contribution in [0.25, 0.3) is 0 Å². The Morgan fingerprint density at radius 1 is 0.905 bits per heavy atom. The molecule has 3 aromatic rings. The monoisotopic (exact) mass is 580 g/mol. The lowest BCUT2D eigenvalue weighted by Gasteiger charge is -2.39. The van der Waals surface area contributed by atoms with Crippen molar-refractivity contribution < 1.29 is 44.7 Å². The number of hydrogen-bond acceptors (Lipinski definition) is 8. The molecule has 4 rings (SSSR count). The van der Waals surface area contributed by atoms with Crippen LogP contribution in [0.15, 0.2) is 72.9 Å². The third-order valence-corrected chi connectivity index (χ3v) is 7.08. The van der Waals surface area contributed by atoms with Gasteiger partial charge in [-0.1, -0.05) is 48.5 Å². The summed E-state index contributed by atoms with van der Waals surface area (Å²) in [4.78, 5) is 37.2. The van der Waals surface area contributed by atoms with E-state index in [1.807, 2.05) is 42.5 Å². The molecule has 0 unspecified atom stereocenters. The maximum atomic E-state index is 11.2. The van der Waals surface area contributed by atoms with Gasteiger partial charge in [0.2, 0.25) is 0 Å². The van der Waals surface area contributed by atoms with E-state index < -0.39 is 42.0 Å². The Balaban J connectivity index is 0.000000316. The Morgan fingerprint density at radius 2 is 1.50 bits per heavy atom. The van der Waals surface area contributed by atoms with Crippen LogP contribution in [-0.2, 0) is 33.1 Å². The summed E-state index contributed by atoms with van der Waals surface area (Å²) in [6.45, 7) is 5.08. The molecule has 1 aliphatic rings. The number of carbonyl (C=O) groups is 3. The number of likely N-dealkylation sites (tertiary alicyclic amines) is 1. The van der Waals surface area contributed by atoms with Crippen LogP contribution in [0.1, 0.15) is 48.1 Å². The summed E-state index contributed by atoms with van der Waals surface area (Å²) in [6.07, 6.45) is 0.987. The topological polar surface area (TPSA) is 178 Å². The van der Waals surface area contributed by atoms with Crippen molar-refractivity contribution in [3.8, 4) is 5.75 Å². The van der Waals surface area contributed by atoms with E-state index in [4.69, 9.17) is 25.2 Å². The Bertz CT molecular complexity index is 1340. The van der Waals surface area contributed by atoms with Gasteiger partial charge in [0.25, 0.3) is 0 Å². The summed E-state index contributed by atoms with van der Waals surface area (Å²) >= 11 is 0. The summed E-state index contributed by atoms with van der Waals surface area (Å²) in [6, 6.07) is 22.2. The molecule has 2 aromatic carbocycles. The Kier molecular flexibility index (Phi) is 11.1. The average Bonchev–Trinajstić information content (AvgIpc) is 2.94. The molecule has 1 saturated heterocycles. The van der Waals surface area contributed by atoms with Crippen LogP contribution in [0.3, 0.4) is 0 Å². The maximum absolute atomic E-state index is 11.2. The number of carboxylic acids is 3. The molecule has 42 heavy (non-hydrogen) atoms. The highest BCUT2D eigenvalue weighted by atomic mass is 16.5. The second kappa shape index (κ2) is 14.5. The van der Waals surface area contributed by atoms with E-state index in [1.165, 1.54) is 5.56 Å². The zero-order chi connectivity index (χ0) is 30.8. The van der Waals surface area contributed by atoms with Gasteiger partial charge in [0.05, 0.1) is 24.1 Å². The van der Waals surface area contributed by atoms with Crippen molar-refractivity contribution >= 4 is 17.9 Å². The second-order valence-corrected chi connectivity index (χ2v) is 10.3. The van der Waals surface area contributed by atoms with Gasteiger partial charge in [-0.05, 0) is 49.1 Å². The van der Waals surface area contributed by atoms with Crippen LogP contribution in [-0.4, -0.2) is 72.0 Å². The number of piperidine rings is 1. The zero-order valence-electron chi connectivity index (χ0n) is 23.3. The van der Waals surface area contributed by atoms with Crippen LogP contribution < -0.4 is 4.74 Å². The molecule has 11 heteroatoms. The lowest BCUT2D eigenvalue weighted by molar-refractivity contribution is -0.170. The molecule has 1 aromatic heterocycles. The fourth-order valence-corrected chi connectivity index (χ4v) is 4.81. The van der Waals surface area contributed by atoms with Gasteiger partial charge in [-0.2, -0.15) is 0 Å². The first kappa shape index (κ1) is 32.2. The molecular weight excluding hydrogens is 544 g/mol. The number of pyridine rings is 1. The minimum Gasteiger partial charge on any atom is -0.487 e. The van der Waals surface area contributed by atoms with Crippen molar-refractivity contribution in [3.63, 3.8) is 0 Å². The Hall–Kier alpha value is -4.32. The predicted octanol–water partition coefficient (Wildman–Crippen LogP) is 3.20. The van der Waals surface area contributed by atoms with Crippen LogP contribution in [0.4, 0.5) is 0 Å².